The van der Waals surface area contributed by atoms with Crippen LogP contribution in [-0.4, -0.2) is 48.4 Å². The third kappa shape index (κ3) is 2.58. The Morgan fingerprint density at radius 1 is 1.09 bits per heavy atom. The summed E-state index contributed by atoms with van der Waals surface area (Å²) in [6.45, 7) is 2.53. The lowest BCUT2D eigenvalue weighted by Gasteiger charge is -2.29. The Kier molecular flexibility index (Phi) is 3.71. The van der Waals surface area contributed by atoms with Gasteiger partial charge in [-0.2, -0.15) is 0 Å². The van der Waals surface area contributed by atoms with Crippen LogP contribution in [0.3, 0.4) is 0 Å². The third-order valence-electron chi connectivity index (χ3n) is 5.34. The van der Waals surface area contributed by atoms with Crippen molar-refractivity contribution < 1.29 is 9.59 Å². The minimum Gasteiger partial charge on any atom is -0.359 e. The van der Waals surface area contributed by atoms with Crippen LogP contribution in [0, 0.1) is 0 Å². The van der Waals surface area contributed by atoms with Gasteiger partial charge in [-0.1, -0.05) is 18.2 Å². The molecule has 1 aromatic carbocycles. The fraction of sp³-hybridized carbons (Fsp3) is 0.556. The van der Waals surface area contributed by atoms with Gasteiger partial charge in [0.05, 0.1) is 0 Å². The zero-order chi connectivity index (χ0) is 15.8. The second kappa shape index (κ2) is 5.87. The highest BCUT2D eigenvalue weighted by molar-refractivity contribution is 5.96. The molecule has 2 atom stereocenters. The van der Waals surface area contributed by atoms with E-state index in [1.54, 1.807) is 0 Å². The molecule has 0 unspecified atom stereocenters. The molecule has 0 saturated carbocycles. The Hall–Kier alpha value is -2.04. The van der Waals surface area contributed by atoms with E-state index in [9.17, 15) is 9.59 Å². The van der Waals surface area contributed by atoms with Crippen LogP contribution in [0.15, 0.2) is 24.3 Å². The summed E-state index contributed by atoms with van der Waals surface area (Å²) in [7, 11) is 0. The van der Waals surface area contributed by atoms with Crippen molar-refractivity contribution in [3.8, 4) is 0 Å². The number of hydrogen-bond acceptors (Lipinski definition) is 3. The van der Waals surface area contributed by atoms with Crippen LogP contribution < -0.4 is 10.2 Å². The summed E-state index contributed by atoms with van der Waals surface area (Å²) in [4.78, 5) is 29.2. The molecular formula is C18H23N3O2. The van der Waals surface area contributed by atoms with Gasteiger partial charge in [-0.05, 0) is 37.3 Å². The fourth-order valence-corrected chi connectivity index (χ4v) is 4.11. The van der Waals surface area contributed by atoms with Crippen LogP contribution in [0.5, 0.6) is 0 Å². The van der Waals surface area contributed by atoms with E-state index in [-0.39, 0.29) is 23.9 Å². The van der Waals surface area contributed by atoms with E-state index in [0.717, 1.165) is 44.6 Å². The number of para-hydroxylation sites is 1. The van der Waals surface area contributed by atoms with Crippen molar-refractivity contribution in [2.45, 2.75) is 44.2 Å². The van der Waals surface area contributed by atoms with Gasteiger partial charge in [-0.3, -0.25) is 9.59 Å². The van der Waals surface area contributed by atoms with Crippen LogP contribution >= 0.6 is 0 Å². The van der Waals surface area contributed by atoms with Crippen molar-refractivity contribution in [2.24, 2.45) is 0 Å². The molecule has 1 aromatic rings. The minimum absolute atomic E-state index is 0.00272. The molecule has 1 N–H and O–H groups in total. The van der Waals surface area contributed by atoms with Crippen LogP contribution in [0.25, 0.3) is 0 Å². The summed E-state index contributed by atoms with van der Waals surface area (Å²) in [5.74, 6) is 0.102. The van der Waals surface area contributed by atoms with E-state index in [4.69, 9.17) is 0 Å². The molecule has 0 radical (unpaired) electrons. The number of fused-ring (bicyclic) bond motifs is 1. The zero-order valence-electron chi connectivity index (χ0n) is 13.3. The van der Waals surface area contributed by atoms with E-state index < -0.39 is 0 Å². The number of rotatable bonds is 2. The zero-order valence-corrected chi connectivity index (χ0v) is 13.3. The van der Waals surface area contributed by atoms with Gasteiger partial charge in [0.25, 0.3) is 0 Å². The highest BCUT2D eigenvalue weighted by Gasteiger charge is 2.42. The van der Waals surface area contributed by atoms with E-state index in [1.807, 2.05) is 17.0 Å². The lowest BCUT2D eigenvalue weighted by Crippen LogP contribution is -2.46. The van der Waals surface area contributed by atoms with E-state index in [0.29, 0.717) is 6.42 Å². The number of amides is 2. The summed E-state index contributed by atoms with van der Waals surface area (Å²) in [5.41, 5.74) is 2.45. The number of carbonyl (C=O) groups excluding carboxylic acids is 2. The Labute approximate surface area is 136 Å². The molecule has 23 heavy (non-hydrogen) atoms. The smallest absolute Gasteiger partial charge is 0.245 e. The first-order chi connectivity index (χ1) is 11.2. The number of nitrogens with zero attached hydrogens (tertiary/aromatic N) is 2. The van der Waals surface area contributed by atoms with Crippen LogP contribution in [0.2, 0.25) is 0 Å². The SMILES string of the molecule is O=C1N[C@H](C(=O)N2CCCCC2)C[C@@H]1N1CCc2ccccc21. The van der Waals surface area contributed by atoms with Gasteiger partial charge in [0, 0.05) is 31.7 Å². The molecule has 3 heterocycles. The molecule has 0 aliphatic carbocycles. The van der Waals surface area contributed by atoms with E-state index in [2.05, 4.69) is 22.3 Å². The summed E-state index contributed by atoms with van der Waals surface area (Å²) in [6.07, 6.45) is 4.92. The van der Waals surface area contributed by atoms with Crippen molar-refractivity contribution in [3.63, 3.8) is 0 Å². The number of nitrogens with one attached hydrogen (secondary N) is 1. The average Bonchev–Trinajstić information content (AvgIpc) is 3.18. The molecule has 2 saturated heterocycles. The predicted octanol–water partition coefficient (Wildman–Crippen LogP) is 1.32. The maximum absolute atomic E-state index is 12.6. The quantitative estimate of drug-likeness (QED) is 0.896. The molecule has 0 spiro atoms. The van der Waals surface area contributed by atoms with Gasteiger partial charge < -0.3 is 15.1 Å². The Morgan fingerprint density at radius 2 is 1.87 bits per heavy atom. The normalized spacial score (nSPS) is 27.0. The van der Waals surface area contributed by atoms with Crippen molar-refractivity contribution in [3.05, 3.63) is 29.8 Å². The van der Waals surface area contributed by atoms with Gasteiger partial charge in [0.2, 0.25) is 11.8 Å². The van der Waals surface area contributed by atoms with Crippen molar-refractivity contribution in [1.82, 2.24) is 10.2 Å². The Morgan fingerprint density at radius 3 is 2.70 bits per heavy atom. The van der Waals surface area contributed by atoms with Gasteiger partial charge in [-0.25, -0.2) is 0 Å². The number of hydrogen-bond donors (Lipinski definition) is 1. The molecule has 5 nitrogen and oxygen atoms in total. The summed E-state index contributed by atoms with van der Waals surface area (Å²) in [6, 6.07) is 7.70. The van der Waals surface area contributed by atoms with E-state index in [1.165, 1.54) is 12.0 Å². The molecule has 2 amide bonds. The monoisotopic (exact) mass is 313 g/mol. The largest absolute Gasteiger partial charge is 0.359 e. The molecular weight excluding hydrogens is 290 g/mol. The Bertz CT molecular complexity index is 624. The number of anilines is 1. The van der Waals surface area contributed by atoms with Crippen molar-refractivity contribution in [2.75, 3.05) is 24.5 Å². The standard InChI is InChI=1S/C18H23N3O2/c22-17-16(21-11-8-13-6-2-3-7-15(13)21)12-14(19-17)18(23)20-9-4-1-5-10-20/h2-3,6-7,14,16H,1,4-5,8-12H2,(H,19,22)/t14-,16-/m0/s1. The average molecular weight is 313 g/mol. The molecule has 4 rings (SSSR count). The van der Waals surface area contributed by atoms with Gasteiger partial charge >= 0.3 is 0 Å². The Balaban J connectivity index is 1.48. The van der Waals surface area contributed by atoms with Gasteiger partial charge in [0.1, 0.15) is 12.1 Å². The molecule has 5 heteroatoms. The number of piperidine rings is 1. The molecule has 2 fully saturated rings. The predicted molar refractivity (Wildman–Crippen MR) is 88.3 cm³/mol. The molecule has 0 aromatic heterocycles. The van der Waals surface area contributed by atoms with Crippen molar-refractivity contribution in [1.29, 1.82) is 0 Å². The van der Waals surface area contributed by atoms with Gasteiger partial charge in [0.15, 0.2) is 0 Å². The van der Waals surface area contributed by atoms with E-state index >= 15 is 0 Å². The molecule has 3 aliphatic heterocycles. The maximum Gasteiger partial charge on any atom is 0.245 e. The van der Waals surface area contributed by atoms with Gasteiger partial charge in [-0.15, -0.1) is 0 Å². The van der Waals surface area contributed by atoms with Crippen LogP contribution in [0.1, 0.15) is 31.2 Å². The summed E-state index contributed by atoms with van der Waals surface area (Å²) >= 11 is 0. The maximum atomic E-state index is 12.6. The lowest BCUT2D eigenvalue weighted by atomic mass is 10.1. The van der Waals surface area contributed by atoms with Crippen molar-refractivity contribution >= 4 is 17.5 Å². The topological polar surface area (TPSA) is 52.7 Å². The fourth-order valence-electron chi connectivity index (χ4n) is 4.11. The highest BCUT2D eigenvalue weighted by Crippen LogP contribution is 2.32. The first-order valence-corrected chi connectivity index (χ1v) is 8.68. The summed E-state index contributed by atoms with van der Waals surface area (Å²) in [5, 5.41) is 2.94. The molecule has 3 aliphatic rings. The summed E-state index contributed by atoms with van der Waals surface area (Å²) < 4.78 is 0. The first-order valence-electron chi connectivity index (χ1n) is 8.68. The number of benzene rings is 1. The highest BCUT2D eigenvalue weighted by atomic mass is 16.2. The second-order valence-corrected chi connectivity index (χ2v) is 6.77. The number of carbonyl (C=O) groups is 2. The van der Waals surface area contributed by atoms with Crippen LogP contribution in [-0.2, 0) is 16.0 Å². The molecule has 0 bridgehead atoms. The second-order valence-electron chi connectivity index (χ2n) is 6.77. The number of likely N-dealkylation sites (tertiary alicyclic amines) is 1. The minimum atomic E-state index is -0.349. The lowest BCUT2D eigenvalue weighted by molar-refractivity contribution is -0.135. The molecule has 122 valence electrons. The first kappa shape index (κ1) is 14.5. The third-order valence-corrected chi connectivity index (χ3v) is 5.34. The van der Waals surface area contributed by atoms with Crippen LogP contribution in [0.4, 0.5) is 5.69 Å².